The minimum Gasteiger partial charge on any atom is -0.311 e. The molecule has 2 rings (SSSR count). The van der Waals surface area contributed by atoms with Gasteiger partial charge in [0, 0.05) is 25.2 Å². The van der Waals surface area contributed by atoms with Crippen molar-refractivity contribution in [3.63, 3.8) is 0 Å². The minimum atomic E-state index is 0.219. The van der Waals surface area contributed by atoms with Gasteiger partial charge in [-0.05, 0) is 68.5 Å². The highest BCUT2D eigenvalue weighted by Gasteiger charge is 2.34. The lowest BCUT2D eigenvalue weighted by Crippen LogP contribution is -2.49. The molecule has 2 nitrogen and oxygen atoms in total. The number of thiophene rings is 1. The Morgan fingerprint density at radius 3 is 2.52 bits per heavy atom. The van der Waals surface area contributed by atoms with Crippen LogP contribution in [0.1, 0.15) is 58.4 Å². The van der Waals surface area contributed by atoms with Crippen LogP contribution >= 0.6 is 11.3 Å². The van der Waals surface area contributed by atoms with Gasteiger partial charge in [-0.3, -0.25) is 0 Å². The van der Waals surface area contributed by atoms with Gasteiger partial charge in [-0.25, -0.2) is 0 Å². The molecule has 120 valence electrons. The first kappa shape index (κ1) is 17.0. The van der Waals surface area contributed by atoms with E-state index in [1.165, 1.54) is 44.2 Å². The summed E-state index contributed by atoms with van der Waals surface area (Å²) in [6.07, 6.45) is 6.98. The highest BCUT2D eigenvalue weighted by Crippen LogP contribution is 2.37. The van der Waals surface area contributed by atoms with Crippen LogP contribution in [0.2, 0.25) is 0 Å². The van der Waals surface area contributed by atoms with Gasteiger partial charge in [0.2, 0.25) is 0 Å². The van der Waals surface area contributed by atoms with E-state index < -0.39 is 0 Å². The smallest absolute Gasteiger partial charge is 0.0239 e. The third-order valence-corrected chi connectivity index (χ3v) is 5.28. The fourth-order valence-corrected chi connectivity index (χ4v) is 4.13. The van der Waals surface area contributed by atoms with Crippen molar-refractivity contribution in [2.24, 2.45) is 5.41 Å². The summed E-state index contributed by atoms with van der Waals surface area (Å²) in [5.74, 6) is 0. The molecular weight excluding hydrogens is 276 g/mol. The van der Waals surface area contributed by atoms with E-state index in [1.807, 2.05) is 0 Å². The summed E-state index contributed by atoms with van der Waals surface area (Å²) in [5.41, 5.74) is 2.14. The van der Waals surface area contributed by atoms with Crippen LogP contribution in [-0.4, -0.2) is 30.6 Å². The fraction of sp³-hybridized carbons (Fsp3) is 0.778. The average molecular weight is 309 g/mol. The maximum Gasteiger partial charge on any atom is 0.0239 e. The van der Waals surface area contributed by atoms with Crippen LogP contribution in [-0.2, 0) is 6.54 Å². The van der Waals surface area contributed by atoms with Gasteiger partial charge in [-0.1, -0.05) is 19.3 Å². The van der Waals surface area contributed by atoms with Crippen molar-refractivity contribution >= 4 is 11.3 Å². The van der Waals surface area contributed by atoms with E-state index in [0.717, 1.165) is 13.1 Å². The molecule has 0 bridgehead atoms. The summed E-state index contributed by atoms with van der Waals surface area (Å²) >= 11 is 1.80. The van der Waals surface area contributed by atoms with Crippen LogP contribution < -0.4 is 5.32 Å². The molecule has 0 radical (unpaired) electrons. The van der Waals surface area contributed by atoms with Crippen molar-refractivity contribution in [3.8, 4) is 0 Å². The second kappa shape index (κ2) is 7.26. The van der Waals surface area contributed by atoms with Crippen LogP contribution in [0.3, 0.4) is 0 Å². The van der Waals surface area contributed by atoms with Crippen molar-refractivity contribution in [3.05, 3.63) is 22.4 Å². The van der Waals surface area contributed by atoms with Crippen molar-refractivity contribution in [1.29, 1.82) is 0 Å². The standard InChI is InChI=1S/C18H32N2S/c1-17(2,3)19-14-18(9-6-5-7-10-18)15-20(4)12-16-8-11-21-13-16/h8,11,13,19H,5-7,9-10,12,14-15H2,1-4H3. The molecule has 0 unspecified atom stereocenters. The SMILES string of the molecule is CN(Cc1ccsc1)CC1(CNC(C)(C)C)CCCCC1. The summed E-state index contributed by atoms with van der Waals surface area (Å²) in [6.45, 7) is 10.3. The quantitative estimate of drug-likeness (QED) is 0.831. The zero-order chi connectivity index (χ0) is 15.3. The van der Waals surface area contributed by atoms with Gasteiger partial charge >= 0.3 is 0 Å². The van der Waals surface area contributed by atoms with Gasteiger partial charge < -0.3 is 10.2 Å². The van der Waals surface area contributed by atoms with E-state index >= 15 is 0 Å². The summed E-state index contributed by atoms with van der Waals surface area (Å²) in [5, 5.41) is 8.23. The molecule has 1 N–H and O–H groups in total. The molecule has 3 heteroatoms. The Bertz CT molecular complexity index is 399. The van der Waals surface area contributed by atoms with E-state index in [1.54, 1.807) is 11.3 Å². The van der Waals surface area contributed by atoms with E-state index in [2.05, 4.69) is 54.9 Å². The minimum absolute atomic E-state index is 0.219. The Morgan fingerprint density at radius 1 is 1.24 bits per heavy atom. The predicted molar refractivity (Wildman–Crippen MR) is 93.9 cm³/mol. The van der Waals surface area contributed by atoms with Crippen molar-refractivity contribution in [1.82, 2.24) is 10.2 Å². The Hall–Kier alpha value is -0.380. The van der Waals surface area contributed by atoms with Crippen molar-refractivity contribution in [2.75, 3.05) is 20.1 Å². The largest absolute Gasteiger partial charge is 0.311 e. The summed E-state index contributed by atoms with van der Waals surface area (Å²) < 4.78 is 0. The highest BCUT2D eigenvalue weighted by atomic mass is 32.1. The first-order valence-electron chi connectivity index (χ1n) is 8.33. The molecule has 0 aliphatic heterocycles. The Balaban J connectivity index is 1.94. The van der Waals surface area contributed by atoms with Gasteiger partial charge in [0.1, 0.15) is 0 Å². The maximum atomic E-state index is 3.77. The van der Waals surface area contributed by atoms with Gasteiger partial charge in [0.05, 0.1) is 0 Å². The van der Waals surface area contributed by atoms with Crippen LogP contribution in [0, 0.1) is 5.41 Å². The number of nitrogens with one attached hydrogen (secondary N) is 1. The van der Waals surface area contributed by atoms with E-state index in [-0.39, 0.29) is 5.54 Å². The first-order chi connectivity index (χ1) is 9.89. The molecule has 0 amide bonds. The molecule has 1 aromatic rings. The lowest BCUT2D eigenvalue weighted by molar-refractivity contribution is 0.105. The van der Waals surface area contributed by atoms with Crippen LogP contribution in [0.15, 0.2) is 16.8 Å². The van der Waals surface area contributed by atoms with Gasteiger partial charge in [-0.15, -0.1) is 0 Å². The third kappa shape index (κ3) is 5.72. The molecule has 0 saturated heterocycles. The number of hydrogen-bond donors (Lipinski definition) is 1. The zero-order valence-corrected chi connectivity index (χ0v) is 15.1. The molecule has 1 aliphatic rings. The first-order valence-corrected chi connectivity index (χ1v) is 9.28. The normalized spacial score (nSPS) is 19.1. The van der Waals surface area contributed by atoms with Crippen LogP contribution in [0.4, 0.5) is 0 Å². The topological polar surface area (TPSA) is 15.3 Å². The van der Waals surface area contributed by atoms with E-state index in [9.17, 15) is 0 Å². The van der Waals surface area contributed by atoms with Gasteiger partial charge in [0.25, 0.3) is 0 Å². The molecule has 1 aromatic heterocycles. The lowest BCUT2D eigenvalue weighted by Gasteiger charge is -2.42. The van der Waals surface area contributed by atoms with Crippen LogP contribution in [0.25, 0.3) is 0 Å². The Kier molecular flexibility index (Phi) is 5.87. The molecule has 1 heterocycles. The molecule has 1 aliphatic carbocycles. The fourth-order valence-electron chi connectivity index (χ4n) is 3.47. The molecular formula is C18H32N2S. The summed E-state index contributed by atoms with van der Waals surface area (Å²) in [6, 6.07) is 2.25. The lowest BCUT2D eigenvalue weighted by atomic mass is 9.73. The summed E-state index contributed by atoms with van der Waals surface area (Å²) in [4.78, 5) is 2.53. The average Bonchev–Trinajstić information content (AvgIpc) is 2.89. The van der Waals surface area contributed by atoms with Crippen molar-refractivity contribution in [2.45, 2.75) is 65.0 Å². The molecule has 0 atom stereocenters. The zero-order valence-electron chi connectivity index (χ0n) is 14.2. The van der Waals surface area contributed by atoms with E-state index in [4.69, 9.17) is 0 Å². The summed E-state index contributed by atoms with van der Waals surface area (Å²) in [7, 11) is 2.28. The number of nitrogens with zero attached hydrogens (tertiary/aromatic N) is 1. The monoisotopic (exact) mass is 308 g/mol. The van der Waals surface area contributed by atoms with E-state index in [0.29, 0.717) is 5.41 Å². The molecule has 0 spiro atoms. The Labute approximate surface area is 134 Å². The molecule has 21 heavy (non-hydrogen) atoms. The highest BCUT2D eigenvalue weighted by molar-refractivity contribution is 7.07. The Morgan fingerprint density at radius 2 is 1.95 bits per heavy atom. The van der Waals surface area contributed by atoms with Gasteiger partial charge in [0.15, 0.2) is 0 Å². The number of hydrogen-bond acceptors (Lipinski definition) is 3. The van der Waals surface area contributed by atoms with Crippen LogP contribution in [0.5, 0.6) is 0 Å². The number of rotatable bonds is 6. The van der Waals surface area contributed by atoms with Gasteiger partial charge in [-0.2, -0.15) is 11.3 Å². The predicted octanol–water partition coefficient (Wildman–Crippen LogP) is 4.52. The molecule has 0 aromatic carbocycles. The second-order valence-corrected chi connectivity index (χ2v) is 8.75. The molecule has 1 saturated carbocycles. The third-order valence-electron chi connectivity index (χ3n) is 4.55. The second-order valence-electron chi connectivity index (χ2n) is 7.97. The maximum absolute atomic E-state index is 3.77. The molecule has 1 fully saturated rings. The van der Waals surface area contributed by atoms with Crippen molar-refractivity contribution < 1.29 is 0 Å².